The van der Waals surface area contributed by atoms with Crippen LogP contribution < -0.4 is 20.5 Å². The zero-order chi connectivity index (χ0) is 21.1. The number of carbonyl (C=O) groups excluding carboxylic acids is 1. The largest absolute Gasteiger partial charge is 0.486 e. The van der Waals surface area contributed by atoms with Gasteiger partial charge in [-0.3, -0.25) is 19.5 Å². The number of hydrogen-bond donors (Lipinski definition) is 1. The van der Waals surface area contributed by atoms with Crippen LogP contribution >= 0.6 is 0 Å². The summed E-state index contributed by atoms with van der Waals surface area (Å²) in [4.78, 5) is 34.5. The number of hydrogen-bond acceptors (Lipinski definition) is 7. The van der Waals surface area contributed by atoms with Gasteiger partial charge in [-0.15, -0.1) is 0 Å². The molecule has 1 aliphatic rings. The minimum atomic E-state index is -0.612. The molecule has 2 aromatic carbocycles. The maximum Gasteiger partial charge on any atom is 0.419 e. The van der Waals surface area contributed by atoms with E-state index in [2.05, 4.69) is 5.32 Å². The number of ether oxygens (including phenoxy) is 2. The lowest BCUT2D eigenvalue weighted by Crippen LogP contribution is -2.25. The van der Waals surface area contributed by atoms with E-state index in [9.17, 15) is 19.7 Å². The van der Waals surface area contributed by atoms with Crippen LogP contribution in [0.25, 0.3) is 11.1 Å². The first-order chi connectivity index (χ1) is 14.5. The second kappa shape index (κ2) is 8.27. The van der Waals surface area contributed by atoms with Crippen molar-refractivity contribution in [2.45, 2.75) is 25.9 Å². The predicted octanol–water partition coefficient (Wildman–Crippen LogP) is 2.37. The zero-order valence-electron chi connectivity index (χ0n) is 16.0. The maximum absolute atomic E-state index is 12.2. The summed E-state index contributed by atoms with van der Waals surface area (Å²) < 4.78 is 17.6. The highest BCUT2D eigenvalue weighted by Gasteiger charge is 2.17. The fraction of sp³-hybridized carbons (Fsp3) is 0.300. The molecule has 0 fully saturated rings. The number of fused-ring (bicyclic) bond motifs is 2. The summed E-state index contributed by atoms with van der Waals surface area (Å²) in [5, 5.41) is 13.7. The molecular weight excluding hydrogens is 394 g/mol. The molecule has 2 heterocycles. The summed E-state index contributed by atoms with van der Waals surface area (Å²) in [5.41, 5.74) is 1.29. The van der Waals surface area contributed by atoms with Gasteiger partial charge in [0.2, 0.25) is 5.91 Å². The van der Waals surface area contributed by atoms with Crippen molar-refractivity contribution in [2.75, 3.05) is 13.2 Å². The van der Waals surface area contributed by atoms with Crippen LogP contribution in [0.5, 0.6) is 11.5 Å². The van der Waals surface area contributed by atoms with E-state index in [4.69, 9.17) is 13.9 Å². The lowest BCUT2D eigenvalue weighted by Gasteiger charge is -2.21. The summed E-state index contributed by atoms with van der Waals surface area (Å²) in [6, 6.07) is 9.53. The molecule has 0 bridgehead atoms. The number of benzene rings is 2. The van der Waals surface area contributed by atoms with E-state index in [0.717, 1.165) is 5.56 Å². The first kappa shape index (κ1) is 19.5. The Kier molecular flexibility index (Phi) is 5.38. The second-order valence-electron chi connectivity index (χ2n) is 6.75. The van der Waals surface area contributed by atoms with E-state index in [1.54, 1.807) is 0 Å². The van der Waals surface area contributed by atoms with Crippen molar-refractivity contribution in [1.82, 2.24) is 9.88 Å². The van der Waals surface area contributed by atoms with Crippen LogP contribution in [-0.4, -0.2) is 28.6 Å². The highest BCUT2D eigenvalue weighted by molar-refractivity contribution is 5.77. The number of para-hydroxylation sites is 1. The van der Waals surface area contributed by atoms with Gasteiger partial charge in [-0.05, 0) is 18.6 Å². The van der Waals surface area contributed by atoms with Crippen LogP contribution in [0.2, 0.25) is 0 Å². The number of nitrogens with zero attached hydrogens (tertiary/aromatic N) is 2. The van der Waals surface area contributed by atoms with Gasteiger partial charge in [0.15, 0.2) is 17.1 Å². The number of nitro groups is 1. The van der Waals surface area contributed by atoms with E-state index in [0.29, 0.717) is 43.2 Å². The number of aromatic nitrogens is 1. The molecule has 0 radical (unpaired) electrons. The SMILES string of the molecule is O=C(CCCn1c(=O)oc2cc([N+](=O)[O-])ccc21)NCc1cccc2c1OCCO2. The molecule has 0 saturated carbocycles. The van der Waals surface area contributed by atoms with Gasteiger partial charge in [0, 0.05) is 31.1 Å². The quantitative estimate of drug-likeness (QED) is 0.465. The van der Waals surface area contributed by atoms with E-state index >= 15 is 0 Å². The molecular formula is C20H19N3O7. The Balaban J connectivity index is 1.34. The molecule has 1 aliphatic heterocycles. The number of aryl methyl sites for hydroxylation is 1. The predicted molar refractivity (Wildman–Crippen MR) is 106 cm³/mol. The number of nitro benzene ring substituents is 1. The third kappa shape index (κ3) is 3.97. The second-order valence-corrected chi connectivity index (χ2v) is 6.75. The number of carbonyl (C=O) groups is 1. The van der Waals surface area contributed by atoms with Gasteiger partial charge in [-0.25, -0.2) is 4.79 Å². The van der Waals surface area contributed by atoms with E-state index in [1.165, 1.54) is 22.8 Å². The van der Waals surface area contributed by atoms with Gasteiger partial charge >= 0.3 is 5.76 Å². The lowest BCUT2D eigenvalue weighted by molar-refractivity contribution is -0.384. The Labute approximate surface area is 170 Å². The average molecular weight is 413 g/mol. The Bertz CT molecular complexity index is 1160. The normalized spacial score (nSPS) is 12.7. The van der Waals surface area contributed by atoms with E-state index in [-0.39, 0.29) is 30.1 Å². The first-order valence-corrected chi connectivity index (χ1v) is 9.45. The minimum absolute atomic E-state index is 0.148. The molecule has 4 rings (SSSR count). The lowest BCUT2D eigenvalue weighted by atomic mass is 10.1. The Morgan fingerprint density at radius 3 is 2.87 bits per heavy atom. The molecule has 1 amide bonds. The topological polar surface area (TPSA) is 126 Å². The fourth-order valence-corrected chi connectivity index (χ4v) is 3.33. The number of rotatable bonds is 7. The van der Waals surface area contributed by atoms with Crippen molar-refractivity contribution in [3.63, 3.8) is 0 Å². The number of non-ortho nitro benzene ring substituents is 1. The van der Waals surface area contributed by atoms with Crippen LogP contribution in [0.1, 0.15) is 18.4 Å². The molecule has 0 saturated heterocycles. The number of oxazole rings is 1. The van der Waals surface area contributed by atoms with Crippen LogP contribution in [0.15, 0.2) is 45.6 Å². The van der Waals surface area contributed by atoms with Crippen LogP contribution in [0.4, 0.5) is 5.69 Å². The Morgan fingerprint density at radius 2 is 2.03 bits per heavy atom. The summed E-state index contributed by atoms with van der Waals surface area (Å²) in [5.74, 6) is 0.536. The Morgan fingerprint density at radius 1 is 1.20 bits per heavy atom. The minimum Gasteiger partial charge on any atom is -0.486 e. The molecule has 156 valence electrons. The summed E-state index contributed by atoms with van der Waals surface area (Å²) in [7, 11) is 0. The molecule has 1 N–H and O–H groups in total. The zero-order valence-corrected chi connectivity index (χ0v) is 16.0. The molecule has 1 aromatic heterocycles. The van der Waals surface area contributed by atoms with Gasteiger partial charge in [0.05, 0.1) is 16.5 Å². The van der Waals surface area contributed by atoms with E-state index in [1.807, 2.05) is 18.2 Å². The fourth-order valence-electron chi connectivity index (χ4n) is 3.33. The highest BCUT2D eigenvalue weighted by atomic mass is 16.6. The van der Waals surface area contributed by atoms with E-state index < -0.39 is 10.7 Å². The van der Waals surface area contributed by atoms with Crippen molar-refractivity contribution in [2.24, 2.45) is 0 Å². The van der Waals surface area contributed by atoms with Crippen LogP contribution in [0.3, 0.4) is 0 Å². The third-order valence-corrected chi connectivity index (χ3v) is 4.77. The van der Waals surface area contributed by atoms with Gasteiger partial charge in [-0.2, -0.15) is 0 Å². The molecule has 0 unspecified atom stereocenters. The first-order valence-electron chi connectivity index (χ1n) is 9.45. The average Bonchev–Trinajstić information content (AvgIpc) is 3.06. The molecule has 10 nitrogen and oxygen atoms in total. The van der Waals surface area contributed by atoms with Crippen LogP contribution in [0, 0.1) is 10.1 Å². The number of nitrogens with one attached hydrogen (secondary N) is 1. The monoisotopic (exact) mass is 413 g/mol. The van der Waals surface area contributed by atoms with Crippen molar-refractivity contribution in [3.8, 4) is 11.5 Å². The third-order valence-electron chi connectivity index (χ3n) is 4.77. The molecule has 30 heavy (non-hydrogen) atoms. The van der Waals surface area contributed by atoms with Crippen molar-refractivity contribution >= 4 is 22.7 Å². The molecule has 0 aliphatic carbocycles. The Hall–Kier alpha value is -3.82. The maximum atomic E-state index is 12.2. The standard InChI is InChI=1S/C20H19N3O7/c24-18(21-12-13-3-1-4-16-19(13)29-10-9-28-16)5-2-8-22-15-7-6-14(23(26)27)11-17(15)30-20(22)25/h1,3-4,6-7,11H,2,5,8-10,12H2,(H,21,24). The molecule has 0 atom stereocenters. The molecule has 0 spiro atoms. The number of amides is 1. The van der Waals surface area contributed by atoms with Crippen molar-refractivity contribution < 1.29 is 23.6 Å². The van der Waals surface area contributed by atoms with Gasteiger partial charge < -0.3 is 19.2 Å². The molecule has 10 heteroatoms. The van der Waals surface area contributed by atoms with Gasteiger partial charge in [0.25, 0.3) is 5.69 Å². The molecule has 3 aromatic rings. The van der Waals surface area contributed by atoms with Crippen molar-refractivity contribution in [3.05, 3.63) is 62.6 Å². The van der Waals surface area contributed by atoms with Gasteiger partial charge in [-0.1, -0.05) is 12.1 Å². The summed E-state index contributed by atoms with van der Waals surface area (Å²) in [6.45, 7) is 1.53. The summed E-state index contributed by atoms with van der Waals surface area (Å²) in [6.07, 6.45) is 0.613. The smallest absolute Gasteiger partial charge is 0.419 e. The summed E-state index contributed by atoms with van der Waals surface area (Å²) >= 11 is 0. The van der Waals surface area contributed by atoms with Crippen molar-refractivity contribution in [1.29, 1.82) is 0 Å². The highest BCUT2D eigenvalue weighted by Crippen LogP contribution is 2.33. The van der Waals surface area contributed by atoms with Gasteiger partial charge in [0.1, 0.15) is 13.2 Å². The van der Waals surface area contributed by atoms with Crippen LogP contribution in [-0.2, 0) is 17.9 Å².